The van der Waals surface area contributed by atoms with Gasteiger partial charge in [-0.3, -0.25) is 9.69 Å². The molecule has 1 heterocycles. The molecule has 3 aromatic carbocycles. The number of aryl methyl sites for hydroxylation is 1. The van der Waals surface area contributed by atoms with Crippen LogP contribution >= 0.6 is 0 Å². The van der Waals surface area contributed by atoms with Crippen LogP contribution in [0.15, 0.2) is 78.9 Å². The lowest BCUT2D eigenvalue weighted by molar-refractivity contribution is -0.122. The maximum absolute atomic E-state index is 13.4. The van der Waals surface area contributed by atoms with Gasteiger partial charge in [-0.05, 0) is 60.2 Å². The quantitative estimate of drug-likeness (QED) is 0.446. The van der Waals surface area contributed by atoms with Gasteiger partial charge < -0.3 is 10.1 Å². The first-order valence-electron chi connectivity index (χ1n) is 11.8. The van der Waals surface area contributed by atoms with E-state index in [1.165, 1.54) is 24.3 Å². The molecule has 0 radical (unpaired) electrons. The summed E-state index contributed by atoms with van der Waals surface area (Å²) in [4.78, 5) is 14.7. The molecule has 1 fully saturated rings. The highest BCUT2D eigenvalue weighted by Gasteiger charge is 2.26. The second-order valence-corrected chi connectivity index (χ2v) is 8.60. The van der Waals surface area contributed by atoms with E-state index >= 15 is 0 Å². The lowest BCUT2D eigenvalue weighted by Crippen LogP contribution is -2.45. The number of hydrogen-bond donors (Lipinski definition) is 1. The number of likely N-dealkylation sites (tertiary alicyclic amines) is 1. The van der Waals surface area contributed by atoms with Gasteiger partial charge in [-0.2, -0.15) is 0 Å². The molecule has 3 aromatic rings. The van der Waals surface area contributed by atoms with Gasteiger partial charge in [-0.15, -0.1) is 0 Å². The summed E-state index contributed by atoms with van der Waals surface area (Å²) in [6, 6.07) is 22.4. The van der Waals surface area contributed by atoms with Crippen molar-refractivity contribution in [3.63, 3.8) is 0 Å². The van der Waals surface area contributed by atoms with E-state index in [2.05, 4.69) is 10.2 Å². The Morgan fingerprint density at radius 1 is 0.941 bits per heavy atom. The van der Waals surface area contributed by atoms with Crippen LogP contribution in [-0.4, -0.2) is 36.7 Å². The number of halogens is 2. The molecule has 0 saturated carbocycles. The molecule has 0 aliphatic carbocycles. The van der Waals surface area contributed by atoms with E-state index in [0.717, 1.165) is 42.5 Å². The van der Waals surface area contributed by atoms with E-state index in [1.54, 1.807) is 24.3 Å². The zero-order chi connectivity index (χ0) is 23.8. The number of ether oxygens (including phenoxy) is 1. The van der Waals surface area contributed by atoms with Gasteiger partial charge in [0.1, 0.15) is 17.7 Å². The third-order valence-electron chi connectivity index (χ3n) is 6.18. The number of carbonyl (C=O) groups excluding carboxylic acids is 1. The predicted molar refractivity (Wildman–Crippen MR) is 128 cm³/mol. The van der Waals surface area contributed by atoms with Crippen LogP contribution in [0.4, 0.5) is 8.78 Å². The summed E-state index contributed by atoms with van der Waals surface area (Å²) < 4.78 is 33.1. The minimum absolute atomic E-state index is 0.00182. The third-order valence-corrected chi connectivity index (χ3v) is 6.18. The minimum Gasteiger partial charge on any atom is -0.367 e. The molecule has 1 aliphatic rings. The molecule has 4 rings (SSSR count). The molecular weight excluding hydrogens is 434 g/mol. The zero-order valence-electron chi connectivity index (χ0n) is 19.1. The number of carbonyl (C=O) groups is 1. The van der Waals surface area contributed by atoms with Crippen LogP contribution in [0.25, 0.3) is 0 Å². The summed E-state index contributed by atoms with van der Waals surface area (Å²) in [5, 5.41) is 3.16. The van der Waals surface area contributed by atoms with E-state index in [1.807, 2.05) is 30.3 Å². The van der Waals surface area contributed by atoms with E-state index in [-0.39, 0.29) is 23.7 Å². The topological polar surface area (TPSA) is 41.6 Å². The number of hydrogen-bond acceptors (Lipinski definition) is 3. The van der Waals surface area contributed by atoms with Crippen LogP contribution in [0.5, 0.6) is 0 Å². The van der Waals surface area contributed by atoms with Crippen molar-refractivity contribution in [1.29, 1.82) is 0 Å². The zero-order valence-corrected chi connectivity index (χ0v) is 19.1. The molecular formula is C28H30F2N2O2. The van der Waals surface area contributed by atoms with Crippen LogP contribution < -0.4 is 5.32 Å². The molecule has 34 heavy (non-hydrogen) atoms. The summed E-state index contributed by atoms with van der Waals surface area (Å²) in [6.07, 6.45) is 2.69. The van der Waals surface area contributed by atoms with E-state index in [4.69, 9.17) is 4.74 Å². The molecule has 178 valence electrons. The molecule has 1 saturated heterocycles. The lowest BCUT2D eigenvalue weighted by Gasteiger charge is -2.27. The van der Waals surface area contributed by atoms with Crippen LogP contribution in [0.1, 0.15) is 42.1 Å². The maximum atomic E-state index is 13.4. The van der Waals surface area contributed by atoms with Crippen LogP contribution in [-0.2, 0) is 16.0 Å². The van der Waals surface area contributed by atoms with Crippen molar-refractivity contribution in [2.45, 2.75) is 38.0 Å². The molecule has 4 nitrogen and oxygen atoms in total. The molecule has 1 atom stereocenters. The van der Waals surface area contributed by atoms with Gasteiger partial charge in [-0.25, -0.2) is 8.78 Å². The average molecular weight is 465 g/mol. The highest BCUT2D eigenvalue weighted by Crippen LogP contribution is 2.27. The maximum Gasteiger partial charge on any atom is 0.221 e. The van der Waals surface area contributed by atoms with Gasteiger partial charge in [0.15, 0.2) is 0 Å². The molecule has 0 aromatic heterocycles. The number of nitrogens with zero attached hydrogens (tertiary/aromatic N) is 1. The third kappa shape index (κ3) is 6.72. The fourth-order valence-corrected chi connectivity index (χ4v) is 4.37. The van der Waals surface area contributed by atoms with Gasteiger partial charge in [0.2, 0.25) is 5.91 Å². The molecule has 0 spiro atoms. The number of nitrogens with one attached hydrogen (secondary N) is 1. The number of amides is 1. The molecule has 6 heteroatoms. The highest BCUT2D eigenvalue weighted by molar-refractivity contribution is 5.76. The Morgan fingerprint density at radius 2 is 1.56 bits per heavy atom. The van der Waals surface area contributed by atoms with Gasteiger partial charge in [0.25, 0.3) is 0 Å². The van der Waals surface area contributed by atoms with Crippen molar-refractivity contribution in [3.05, 3.63) is 107 Å². The normalized spacial score (nSPS) is 16.1. The Hall–Kier alpha value is -3.09. The summed E-state index contributed by atoms with van der Waals surface area (Å²) in [5.74, 6) is -0.578. The molecule has 1 aliphatic heterocycles. The van der Waals surface area contributed by atoms with Gasteiger partial charge >= 0.3 is 0 Å². The monoisotopic (exact) mass is 464 g/mol. The van der Waals surface area contributed by atoms with Crippen LogP contribution in [0, 0.1) is 11.6 Å². The van der Waals surface area contributed by atoms with Crippen LogP contribution in [0.3, 0.4) is 0 Å². The largest absolute Gasteiger partial charge is 0.367 e. The van der Waals surface area contributed by atoms with Crippen molar-refractivity contribution in [2.75, 3.05) is 19.7 Å². The minimum atomic E-state index is -0.428. The summed E-state index contributed by atoms with van der Waals surface area (Å²) in [5.41, 5.74) is 2.77. The first-order valence-corrected chi connectivity index (χ1v) is 11.8. The van der Waals surface area contributed by atoms with Crippen molar-refractivity contribution in [1.82, 2.24) is 10.2 Å². The Labute approximate surface area is 199 Å². The fourth-order valence-electron chi connectivity index (χ4n) is 4.37. The van der Waals surface area contributed by atoms with Crippen molar-refractivity contribution < 1.29 is 18.3 Å². The Balaban J connectivity index is 1.31. The van der Waals surface area contributed by atoms with Crippen molar-refractivity contribution in [3.8, 4) is 0 Å². The SMILES string of the molecule is O=C(CCc1ccccc1)NC1CCCN1CCOC(c1ccc(F)cc1)c1ccc(F)cc1. The van der Waals surface area contributed by atoms with Crippen molar-refractivity contribution in [2.24, 2.45) is 0 Å². The molecule has 0 bridgehead atoms. The van der Waals surface area contributed by atoms with E-state index in [9.17, 15) is 13.6 Å². The smallest absolute Gasteiger partial charge is 0.221 e. The van der Waals surface area contributed by atoms with Crippen molar-refractivity contribution >= 4 is 5.91 Å². The van der Waals surface area contributed by atoms with Gasteiger partial charge in [0, 0.05) is 19.5 Å². The first kappa shape index (κ1) is 24.0. The Bertz CT molecular complexity index is 997. The van der Waals surface area contributed by atoms with Gasteiger partial charge in [0.05, 0.1) is 12.8 Å². The Morgan fingerprint density at radius 3 is 2.18 bits per heavy atom. The second kappa shape index (κ2) is 11.9. The lowest BCUT2D eigenvalue weighted by atomic mass is 10.0. The number of benzene rings is 3. The summed E-state index contributed by atoms with van der Waals surface area (Å²) in [7, 11) is 0. The van der Waals surface area contributed by atoms with E-state index in [0.29, 0.717) is 19.6 Å². The second-order valence-electron chi connectivity index (χ2n) is 8.60. The average Bonchev–Trinajstić information content (AvgIpc) is 3.29. The predicted octanol–water partition coefficient (Wildman–Crippen LogP) is 5.24. The molecule has 1 amide bonds. The van der Waals surface area contributed by atoms with Crippen LogP contribution in [0.2, 0.25) is 0 Å². The fraction of sp³-hybridized carbons (Fsp3) is 0.321. The standard InChI is InChI=1S/C28H30F2N2O2/c29-24-13-9-22(10-14-24)28(23-11-15-25(30)16-12-23)34-20-19-32-18-4-7-26(32)31-27(33)17-8-21-5-2-1-3-6-21/h1-3,5-6,9-16,26,28H,4,7-8,17-20H2,(H,31,33). The Kier molecular flexibility index (Phi) is 8.39. The summed E-state index contributed by atoms with van der Waals surface area (Å²) >= 11 is 0. The first-order chi connectivity index (χ1) is 16.6. The van der Waals surface area contributed by atoms with E-state index < -0.39 is 6.10 Å². The van der Waals surface area contributed by atoms with Gasteiger partial charge in [-0.1, -0.05) is 54.6 Å². The highest BCUT2D eigenvalue weighted by atomic mass is 19.1. The molecule has 1 N–H and O–H groups in total. The summed E-state index contributed by atoms with van der Waals surface area (Å²) in [6.45, 7) is 1.98. The number of rotatable bonds is 10. The molecule has 1 unspecified atom stereocenters.